The summed E-state index contributed by atoms with van der Waals surface area (Å²) in [5, 5.41) is 3.97. The molecule has 0 saturated carbocycles. The SMILES string of the molecule is NCc1ccc(CNC(=O)c2cc(-c3c[nH]c4ccc(Br)cc34)nc3ccc(OC(F)(F)F)cc23)cc1. The minimum absolute atomic E-state index is 0.176. The molecule has 0 saturated heterocycles. The van der Waals surface area contributed by atoms with Crippen molar-refractivity contribution in [3.05, 3.63) is 94.1 Å². The van der Waals surface area contributed by atoms with Crippen molar-refractivity contribution in [3.8, 4) is 17.0 Å². The van der Waals surface area contributed by atoms with Crippen LogP contribution in [-0.4, -0.2) is 22.2 Å². The normalized spacial score (nSPS) is 11.7. The number of alkyl halides is 3. The first-order valence-electron chi connectivity index (χ1n) is 11.2. The van der Waals surface area contributed by atoms with E-state index in [1.165, 1.54) is 18.2 Å². The standard InChI is InChI=1S/C27H20BrF3N4O2/c28-17-5-7-23-19(9-17)22(14-33-23)25-11-21(26(36)34-13-16-3-1-15(12-32)2-4-16)20-10-18(37-27(29,30)31)6-8-24(20)35-25/h1-11,14,33H,12-13,32H2,(H,34,36). The summed E-state index contributed by atoms with van der Waals surface area (Å²) in [7, 11) is 0. The zero-order valence-corrected chi connectivity index (χ0v) is 20.8. The number of carbonyl (C=O) groups excluding carboxylic acids is 1. The third-order valence-corrected chi connectivity index (χ3v) is 6.38. The number of aromatic amines is 1. The third kappa shape index (κ3) is 5.45. The van der Waals surface area contributed by atoms with Crippen LogP contribution in [-0.2, 0) is 13.1 Å². The summed E-state index contributed by atoms with van der Waals surface area (Å²) < 4.78 is 43.5. The molecular weight excluding hydrogens is 549 g/mol. The lowest BCUT2D eigenvalue weighted by Crippen LogP contribution is -2.23. The molecule has 0 fully saturated rings. The summed E-state index contributed by atoms with van der Waals surface area (Å²) >= 11 is 3.47. The molecule has 4 N–H and O–H groups in total. The number of H-pyrrole nitrogens is 1. The van der Waals surface area contributed by atoms with E-state index in [9.17, 15) is 18.0 Å². The smallest absolute Gasteiger partial charge is 0.406 e. The van der Waals surface area contributed by atoms with Crippen LogP contribution in [0.4, 0.5) is 13.2 Å². The summed E-state index contributed by atoms with van der Waals surface area (Å²) in [6.45, 7) is 0.632. The molecule has 6 nitrogen and oxygen atoms in total. The van der Waals surface area contributed by atoms with Gasteiger partial charge in [0, 0.05) is 45.6 Å². The molecule has 0 atom stereocenters. The van der Waals surface area contributed by atoms with E-state index in [4.69, 9.17) is 5.73 Å². The lowest BCUT2D eigenvalue weighted by atomic mass is 10.0. The molecule has 0 radical (unpaired) electrons. The Morgan fingerprint density at radius 3 is 2.49 bits per heavy atom. The lowest BCUT2D eigenvalue weighted by molar-refractivity contribution is -0.274. The topological polar surface area (TPSA) is 93.0 Å². The third-order valence-electron chi connectivity index (χ3n) is 5.89. The number of nitrogens with zero attached hydrogens (tertiary/aromatic N) is 1. The van der Waals surface area contributed by atoms with E-state index in [-0.39, 0.29) is 17.5 Å². The molecule has 10 heteroatoms. The van der Waals surface area contributed by atoms with Crippen LogP contribution in [0.5, 0.6) is 5.75 Å². The Kier molecular flexibility index (Phi) is 6.61. The first kappa shape index (κ1) is 24.8. The molecule has 37 heavy (non-hydrogen) atoms. The minimum Gasteiger partial charge on any atom is -0.406 e. The van der Waals surface area contributed by atoms with E-state index in [0.29, 0.717) is 17.8 Å². The number of aromatic nitrogens is 2. The second kappa shape index (κ2) is 9.87. The van der Waals surface area contributed by atoms with Crippen molar-refractivity contribution in [1.82, 2.24) is 15.3 Å². The second-order valence-corrected chi connectivity index (χ2v) is 9.29. The number of amides is 1. The Labute approximate surface area is 217 Å². The number of hydrogen-bond acceptors (Lipinski definition) is 4. The predicted molar refractivity (Wildman–Crippen MR) is 139 cm³/mol. The van der Waals surface area contributed by atoms with Gasteiger partial charge in [-0.2, -0.15) is 0 Å². The number of nitrogens with one attached hydrogen (secondary N) is 2. The molecule has 0 aliphatic rings. The fourth-order valence-electron chi connectivity index (χ4n) is 4.10. The molecule has 188 valence electrons. The Hall–Kier alpha value is -3.89. The molecular formula is C27H20BrF3N4O2. The second-order valence-electron chi connectivity index (χ2n) is 8.38. The quantitative estimate of drug-likeness (QED) is 0.220. The van der Waals surface area contributed by atoms with Crippen molar-refractivity contribution in [1.29, 1.82) is 0 Å². The number of carbonyl (C=O) groups is 1. The number of rotatable bonds is 6. The van der Waals surface area contributed by atoms with Gasteiger partial charge in [0.15, 0.2) is 0 Å². The van der Waals surface area contributed by atoms with Crippen LogP contribution in [0, 0.1) is 0 Å². The largest absolute Gasteiger partial charge is 0.573 e. The van der Waals surface area contributed by atoms with Crippen LogP contribution in [0.1, 0.15) is 21.5 Å². The molecule has 0 unspecified atom stereocenters. The number of halogens is 4. The molecule has 0 spiro atoms. The van der Waals surface area contributed by atoms with Gasteiger partial charge in [0.1, 0.15) is 5.75 Å². The monoisotopic (exact) mass is 568 g/mol. The summed E-state index contributed by atoms with van der Waals surface area (Å²) in [5.41, 5.74) is 10.1. The first-order chi connectivity index (χ1) is 17.7. The Morgan fingerprint density at radius 2 is 1.76 bits per heavy atom. The molecule has 2 heterocycles. The van der Waals surface area contributed by atoms with Crippen molar-refractivity contribution in [2.24, 2.45) is 5.73 Å². The van der Waals surface area contributed by atoms with Gasteiger partial charge in [-0.1, -0.05) is 40.2 Å². The fourth-order valence-corrected chi connectivity index (χ4v) is 4.46. The highest BCUT2D eigenvalue weighted by Gasteiger charge is 2.31. The van der Waals surface area contributed by atoms with Gasteiger partial charge < -0.3 is 20.8 Å². The highest BCUT2D eigenvalue weighted by molar-refractivity contribution is 9.10. The zero-order chi connectivity index (χ0) is 26.2. The van der Waals surface area contributed by atoms with Crippen molar-refractivity contribution in [2.45, 2.75) is 19.5 Å². The molecule has 1 amide bonds. The van der Waals surface area contributed by atoms with E-state index in [1.54, 1.807) is 12.3 Å². The lowest BCUT2D eigenvalue weighted by Gasteiger charge is -2.13. The fraction of sp³-hybridized carbons (Fsp3) is 0.111. The Bertz CT molecular complexity index is 1610. The van der Waals surface area contributed by atoms with Crippen LogP contribution >= 0.6 is 15.9 Å². The Balaban J connectivity index is 1.57. The molecule has 3 aromatic carbocycles. The van der Waals surface area contributed by atoms with Crippen molar-refractivity contribution >= 4 is 43.6 Å². The maximum absolute atomic E-state index is 13.4. The highest BCUT2D eigenvalue weighted by Crippen LogP contribution is 2.34. The number of fused-ring (bicyclic) bond motifs is 2. The number of pyridine rings is 1. The van der Waals surface area contributed by atoms with Gasteiger partial charge in [-0.3, -0.25) is 4.79 Å². The molecule has 0 aliphatic heterocycles. The van der Waals surface area contributed by atoms with E-state index >= 15 is 0 Å². The Morgan fingerprint density at radius 1 is 1.00 bits per heavy atom. The van der Waals surface area contributed by atoms with Crippen LogP contribution in [0.25, 0.3) is 33.1 Å². The van der Waals surface area contributed by atoms with Gasteiger partial charge in [0.2, 0.25) is 0 Å². The summed E-state index contributed by atoms with van der Waals surface area (Å²) in [6, 6.07) is 18.5. The average Bonchev–Trinajstić information content (AvgIpc) is 3.29. The maximum Gasteiger partial charge on any atom is 0.573 e. The van der Waals surface area contributed by atoms with Gasteiger partial charge in [-0.05, 0) is 53.6 Å². The number of nitrogens with two attached hydrogens (primary N) is 1. The average molecular weight is 569 g/mol. The predicted octanol–water partition coefficient (Wildman–Crippen LogP) is 6.43. The van der Waals surface area contributed by atoms with Crippen LogP contribution in [0.15, 0.2) is 77.4 Å². The maximum atomic E-state index is 13.4. The van der Waals surface area contributed by atoms with Gasteiger partial charge in [0.05, 0.1) is 16.8 Å². The van der Waals surface area contributed by atoms with Gasteiger partial charge in [-0.15, -0.1) is 13.2 Å². The van der Waals surface area contributed by atoms with E-state index in [1.807, 2.05) is 42.5 Å². The van der Waals surface area contributed by atoms with Crippen molar-refractivity contribution < 1.29 is 22.7 Å². The van der Waals surface area contributed by atoms with E-state index in [2.05, 4.69) is 36.0 Å². The molecule has 0 bridgehead atoms. The first-order valence-corrected chi connectivity index (χ1v) is 12.0. The van der Waals surface area contributed by atoms with Crippen LogP contribution < -0.4 is 15.8 Å². The highest BCUT2D eigenvalue weighted by atomic mass is 79.9. The van der Waals surface area contributed by atoms with Crippen molar-refractivity contribution in [2.75, 3.05) is 0 Å². The van der Waals surface area contributed by atoms with Gasteiger partial charge in [0.25, 0.3) is 5.91 Å². The summed E-state index contributed by atoms with van der Waals surface area (Å²) in [5.74, 6) is -0.890. The van der Waals surface area contributed by atoms with Crippen LogP contribution in [0.3, 0.4) is 0 Å². The van der Waals surface area contributed by atoms with Gasteiger partial charge in [-0.25, -0.2) is 4.98 Å². The van der Waals surface area contributed by atoms with Crippen molar-refractivity contribution in [3.63, 3.8) is 0 Å². The molecule has 5 aromatic rings. The van der Waals surface area contributed by atoms with E-state index < -0.39 is 18.0 Å². The summed E-state index contributed by atoms with van der Waals surface area (Å²) in [4.78, 5) is 21.2. The number of hydrogen-bond donors (Lipinski definition) is 3. The number of benzene rings is 3. The number of ether oxygens (including phenoxy) is 1. The molecule has 5 rings (SSSR count). The molecule has 0 aliphatic carbocycles. The van der Waals surface area contributed by atoms with Gasteiger partial charge >= 0.3 is 6.36 Å². The molecule has 2 aromatic heterocycles. The van der Waals surface area contributed by atoms with Crippen LogP contribution in [0.2, 0.25) is 0 Å². The van der Waals surface area contributed by atoms with E-state index in [0.717, 1.165) is 32.1 Å². The zero-order valence-electron chi connectivity index (χ0n) is 19.2. The minimum atomic E-state index is -4.86. The summed E-state index contributed by atoms with van der Waals surface area (Å²) in [6.07, 6.45) is -3.08.